The third-order valence-electron chi connectivity index (χ3n) is 3.62. The number of hydrogen-bond acceptors (Lipinski definition) is 4. The van der Waals surface area contributed by atoms with Crippen LogP contribution in [0.15, 0.2) is 23.6 Å². The molecule has 0 radical (unpaired) electrons. The summed E-state index contributed by atoms with van der Waals surface area (Å²) in [5.74, 6) is 0.0759. The lowest BCUT2D eigenvalue weighted by molar-refractivity contribution is -0.129. The number of likely N-dealkylation sites (tertiary alicyclic amines) is 1. The molecule has 1 aromatic carbocycles. The number of hydrogen-bond donors (Lipinski definition) is 1. The van der Waals surface area contributed by atoms with Gasteiger partial charge in [-0.15, -0.1) is 11.3 Å². The summed E-state index contributed by atoms with van der Waals surface area (Å²) >= 11 is 13.6. The molecule has 2 aromatic rings. The van der Waals surface area contributed by atoms with E-state index in [1.54, 1.807) is 17.0 Å². The van der Waals surface area contributed by atoms with Gasteiger partial charge in [-0.3, -0.25) is 4.79 Å². The van der Waals surface area contributed by atoms with Crippen LogP contribution in [0.1, 0.15) is 12.1 Å². The number of carbonyl (C=O) groups is 1. The number of nitrogens with zero attached hydrogens (tertiary/aromatic N) is 2. The van der Waals surface area contributed by atoms with E-state index in [0.29, 0.717) is 23.0 Å². The number of amides is 1. The molecule has 1 atom stereocenters. The summed E-state index contributed by atoms with van der Waals surface area (Å²) < 4.78 is 0. The van der Waals surface area contributed by atoms with Gasteiger partial charge in [-0.25, -0.2) is 4.98 Å². The van der Waals surface area contributed by atoms with Crippen LogP contribution in [0, 0.1) is 0 Å². The Hall–Kier alpha value is -1.14. The molecule has 0 saturated carbocycles. The third-order valence-corrected chi connectivity index (χ3v) is 5.10. The number of thiazole rings is 1. The third kappa shape index (κ3) is 3.43. The monoisotopic (exact) mass is 355 g/mol. The summed E-state index contributed by atoms with van der Waals surface area (Å²) in [5, 5.41) is 3.84. The molecule has 2 N–H and O–H groups in total. The molecule has 22 heavy (non-hydrogen) atoms. The van der Waals surface area contributed by atoms with Gasteiger partial charge in [0, 0.05) is 35.1 Å². The molecule has 4 nitrogen and oxygen atoms in total. The zero-order valence-corrected chi connectivity index (χ0v) is 14.1. The van der Waals surface area contributed by atoms with Gasteiger partial charge in [0.15, 0.2) is 0 Å². The first-order valence-electron chi connectivity index (χ1n) is 6.96. The average Bonchev–Trinajstić information content (AvgIpc) is 3.08. The van der Waals surface area contributed by atoms with E-state index >= 15 is 0 Å². The molecule has 7 heteroatoms. The van der Waals surface area contributed by atoms with E-state index in [1.165, 1.54) is 11.3 Å². The highest BCUT2D eigenvalue weighted by atomic mass is 35.5. The summed E-state index contributed by atoms with van der Waals surface area (Å²) in [6.07, 6.45) is 1.17. The van der Waals surface area contributed by atoms with Crippen LogP contribution in [0.2, 0.25) is 10.0 Å². The van der Waals surface area contributed by atoms with E-state index in [2.05, 4.69) is 4.98 Å². The van der Waals surface area contributed by atoms with Gasteiger partial charge in [-0.05, 0) is 24.6 Å². The van der Waals surface area contributed by atoms with Crippen LogP contribution >= 0.6 is 34.5 Å². The van der Waals surface area contributed by atoms with Crippen LogP contribution < -0.4 is 5.73 Å². The molecule has 0 bridgehead atoms. The molecule has 1 fully saturated rings. The Labute approximate surface area is 142 Å². The fourth-order valence-electron chi connectivity index (χ4n) is 2.46. The highest BCUT2D eigenvalue weighted by molar-refractivity contribution is 7.13. The maximum atomic E-state index is 12.2. The highest BCUT2D eigenvalue weighted by Crippen LogP contribution is 2.32. The minimum absolute atomic E-state index is 0.0759. The Morgan fingerprint density at radius 3 is 2.95 bits per heavy atom. The van der Waals surface area contributed by atoms with E-state index in [-0.39, 0.29) is 11.9 Å². The molecule has 3 rings (SSSR count). The second kappa shape index (κ2) is 6.54. The Balaban J connectivity index is 1.72. The Morgan fingerprint density at radius 1 is 1.45 bits per heavy atom. The van der Waals surface area contributed by atoms with Gasteiger partial charge in [-0.1, -0.05) is 23.2 Å². The molecule has 0 unspecified atom stereocenters. The largest absolute Gasteiger partial charge is 0.341 e. The zero-order valence-electron chi connectivity index (χ0n) is 11.8. The molecule has 1 amide bonds. The lowest BCUT2D eigenvalue weighted by atomic mass is 10.2. The van der Waals surface area contributed by atoms with Crippen molar-refractivity contribution in [3.63, 3.8) is 0 Å². The molecule has 1 aliphatic rings. The predicted molar refractivity (Wildman–Crippen MR) is 90.4 cm³/mol. The van der Waals surface area contributed by atoms with Crippen molar-refractivity contribution in [1.82, 2.24) is 9.88 Å². The van der Waals surface area contributed by atoms with Gasteiger partial charge in [0.2, 0.25) is 5.91 Å². The molecular weight excluding hydrogens is 341 g/mol. The molecular formula is C15H15Cl2N3OS. The summed E-state index contributed by atoms with van der Waals surface area (Å²) in [5.41, 5.74) is 7.42. The zero-order chi connectivity index (χ0) is 15.7. The minimum atomic E-state index is 0.0759. The first-order valence-corrected chi connectivity index (χ1v) is 8.59. The number of aromatic nitrogens is 1. The van der Waals surface area contributed by atoms with E-state index in [4.69, 9.17) is 28.9 Å². The summed E-state index contributed by atoms with van der Waals surface area (Å²) in [7, 11) is 0. The molecule has 116 valence electrons. The van der Waals surface area contributed by atoms with Crippen LogP contribution in [0.3, 0.4) is 0 Å². The lowest BCUT2D eigenvalue weighted by Crippen LogP contribution is -2.32. The van der Waals surface area contributed by atoms with Gasteiger partial charge in [0.1, 0.15) is 5.01 Å². The van der Waals surface area contributed by atoms with Crippen molar-refractivity contribution in [3.05, 3.63) is 39.3 Å². The quantitative estimate of drug-likeness (QED) is 0.919. The smallest absolute Gasteiger partial charge is 0.228 e. The highest BCUT2D eigenvalue weighted by Gasteiger charge is 2.24. The number of rotatable bonds is 3. The molecule has 0 aliphatic carbocycles. The number of carbonyl (C=O) groups excluding carboxylic acids is 1. The minimum Gasteiger partial charge on any atom is -0.341 e. The summed E-state index contributed by atoms with van der Waals surface area (Å²) in [6, 6.07) is 5.41. The van der Waals surface area contributed by atoms with E-state index in [1.807, 2.05) is 11.4 Å². The molecule has 1 aromatic heterocycles. The maximum Gasteiger partial charge on any atom is 0.228 e. The second-order valence-corrected chi connectivity index (χ2v) is 7.04. The number of halogens is 2. The Bertz CT molecular complexity index is 704. The molecule has 1 aliphatic heterocycles. The predicted octanol–water partition coefficient (Wildman–Crippen LogP) is 3.22. The van der Waals surface area contributed by atoms with Crippen molar-refractivity contribution >= 4 is 40.4 Å². The summed E-state index contributed by atoms with van der Waals surface area (Å²) in [6.45, 7) is 1.37. The van der Waals surface area contributed by atoms with Gasteiger partial charge >= 0.3 is 0 Å². The fourth-order valence-corrected chi connectivity index (χ4v) is 3.87. The average molecular weight is 356 g/mol. The van der Waals surface area contributed by atoms with Crippen LogP contribution in [0.25, 0.3) is 10.6 Å². The molecule has 2 heterocycles. The van der Waals surface area contributed by atoms with E-state index in [0.717, 1.165) is 29.2 Å². The topological polar surface area (TPSA) is 59.2 Å². The van der Waals surface area contributed by atoms with E-state index in [9.17, 15) is 4.79 Å². The van der Waals surface area contributed by atoms with Crippen molar-refractivity contribution in [2.45, 2.75) is 18.9 Å². The van der Waals surface area contributed by atoms with E-state index < -0.39 is 0 Å². The SMILES string of the molecule is N[C@@H]1CCN(C(=O)Cc2csc(-c3ccc(Cl)cc3Cl)n2)C1. The Morgan fingerprint density at radius 2 is 2.27 bits per heavy atom. The van der Waals surface area contributed by atoms with Gasteiger partial charge in [0.25, 0.3) is 0 Å². The maximum absolute atomic E-state index is 12.2. The van der Waals surface area contributed by atoms with Gasteiger partial charge in [0.05, 0.1) is 17.1 Å². The normalized spacial score (nSPS) is 18.0. The first-order chi connectivity index (χ1) is 10.5. The standard InChI is InChI=1S/C15H15Cl2N3OS/c16-9-1-2-12(13(17)5-9)15-19-11(8-22-15)6-14(21)20-4-3-10(18)7-20/h1-2,5,8,10H,3-4,6-7,18H2/t10-/m1/s1. The molecule has 0 spiro atoms. The number of benzene rings is 1. The van der Waals surface area contributed by atoms with Crippen molar-refractivity contribution in [1.29, 1.82) is 0 Å². The number of nitrogens with two attached hydrogens (primary N) is 1. The van der Waals surface area contributed by atoms with Crippen molar-refractivity contribution in [2.75, 3.05) is 13.1 Å². The van der Waals surface area contributed by atoms with Crippen molar-refractivity contribution in [2.24, 2.45) is 5.73 Å². The van der Waals surface area contributed by atoms with Crippen LogP contribution in [-0.2, 0) is 11.2 Å². The van der Waals surface area contributed by atoms with Crippen LogP contribution in [-0.4, -0.2) is 34.9 Å². The van der Waals surface area contributed by atoms with Crippen LogP contribution in [0.4, 0.5) is 0 Å². The first kappa shape index (κ1) is 15.7. The fraction of sp³-hybridized carbons (Fsp3) is 0.333. The van der Waals surface area contributed by atoms with Crippen LogP contribution in [0.5, 0.6) is 0 Å². The van der Waals surface area contributed by atoms with Gasteiger partial charge < -0.3 is 10.6 Å². The van der Waals surface area contributed by atoms with Crippen molar-refractivity contribution < 1.29 is 4.79 Å². The van der Waals surface area contributed by atoms with Gasteiger partial charge in [-0.2, -0.15) is 0 Å². The summed E-state index contributed by atoms with van der Waals surface area (Å²) in [4.78, 5) is 18.5. The Kier molecular flexibility index (Phi) is 4.68. The lowest BCUT2D eigenvalue weighted by Gasteiger charge is -2.14. The molecule has 1 saturated heterocycles. The second-order valence-electron chi connectivity index (χ2n) is 5.33. The van der Waals surface area contributed by atoms with Crippen molar-refractivity contribution in [3.8, 4) is 10.6 Å².